The van der Waals surface area contributed by atoms with E-state index in [1.807, 2.05) is 0 Å². The summed E-state index contributed by atoms with van der Waals surface area (Å²) >= 11 is 0. The number of benzene rings is 1. The van der Waals surface area contributed by atoms with E-state index in [9.17, 15) is 5.11 Å². The van der Waals surface area contributed by atoms with Gasteiger partial charge in [-0.1, -0.05) is 43.2 Å². The fourth-order valence-corrected chi connectivity index (χ4v) is 3.27. The first kappa shape index (κ1) is 13.1. The Bertz CT molecular complexity index is 401. The Morgan fingerprint density at radius 1 is 1.21 bits per heavy atom. The summed E-state index contributed by atoms with van der Waals surface area (Å²) in [4.78, 5) is 2.42. The molecule has 0 amide bonds. The van der Waals surface area contributed by atoms with Crippen molar-refractivity contribution in [3.8, 4) is 0 Å². The fraction of sp³-hybridized carbons (Fsp3) is 0.647. The van der Waals surface area contributed by atoms with Gasteiger partial charge in [-0.25, -0.2) is 0 Å². The standard InChI is InChI=1S/C17H25NO/c19-17(11-9-15-7-8-15)10-4-12-18(14-17)13-16-5-2-1-3-6-16/h1-3,5-6,15,19H,4,7-14H2. The number of aliphatic hydroxyl groups is 1. The zero-order chi connectivity index (χ0) is 13.1. The number of β-amino-alcohol motifs (C(OH)–C–C–N with tert-alkyl or cyclic N) is 1. The van der Waals surface area contributed by atoms with Gasteiger partial charge in [0.05, 0.1) is 5.60 Å². The van der Waals surface area contributed by atoms with Crippen molar-refractivity contribution in [1.29, 1.82) is 0 Å². The number of hydrogen-bond acceptors (Lipinski definition) is 2. The highest BCUT2D eigenvalue weighted by Crippen LogP contribution is 2.37. The lowest BCUT2D eigenvalue weighted by molar-refractivity contribution is -0.0414. The minimum absolute atomic E-state index is 0.421. The minimum atomic E-state index is -0.421. The van der Waals surface area contributed by atoms with Gasteiger partial charge in [0.25, 0.3) is 0 Å². The van der Waals surface area contributed by atoms with Gasteiger partial charge in [0.2, 0.25) is 0 Å². The molecule has 104 valence electrons. The summed E-state index contributed by atoms with van der Waals surface area (Å²) in [6.45, 7) is 2.96. The van der Waals surface area contributed by atoms with Crippen LogP contribution in [0.1, 0.15) is 44.1 Å². The lowest BCUT2D eigenvalue weighted by atomic mass is 9.87. The fourth-order valence-electron chi connectivity index (χ4n) is 3.27. The molecule has 0 spiro atoms. The number of rotatable bonds is 5. The molecule has 1 aromatic rings. The van der Waals surface area contributed by atoms with Gasteiger partial charge >= 0.3 is 0 Å². The predicted molar refractivity (Wildman–Crippen MR) is 77.9 cm³/mol. The van der Waals surface area contributed by atoms with Crippen molar-refractivity contribution in [2.75, 3.05) is 13.1 Å². The predicted octanol–water partition coefficient (Wildman–Crippen LogP) is 3.20. The van der Waals surface area contributed by atoms with Crippen LogP contribution in [0.15, 0.2) is 30.3 Å². The molecule has 1 atom stereocenters. The van der Waals surface area contributed by atoms with Crippen LogP contribution in [0.5, 0.6) is 0 Å². The van der Waals surface area contributed by atoms with Crippen molar-refractivity contribution >= 4 is 0 Å². The highest BCUT2D eigenvalue weighted by molar-refractivity contribution is 5.14. The Hall–Kier alpha value is -0.860. The van der Waals surface area contributed by atoms with Crippen LogP contribution in [-0.2, 0) is 6.54 Å². The van der Waals surface area contributed by atoms with Crippen molar-refractivity contribution in [1.82, 2.24) is 4.90 Å². The van der Waals surface area contributed by atoms with Crippen molar-refractivity contribution in [3.63, 3.8) is 0 Å². The molecule has 2 aliphatic rings. The van der Waals surface area contributed by atoms with Crippen LogP contribution in [0, 0.1) is 5.92 Å². The van der Waals surface area contributed by atoms with Crippen LogP contribution in [0.25, 0.3) is 0 Å². The van der Waals surface area contributed by atoms with Crippen LogP contribution in [0.3, 0.4) is 0 Å². The molecule has 19 heavy (non-hydrogen) atoms. The molecule has 1 saturated heterocycles. The molecular formula is C17H25NO. The number of hydrogen-bond donors (Lipinski definition) is 1. The molecule has 2 fully saturated rings. The average molecular weight is 259 g/mol. The Labute approximate surface area is 116 Å². The Kier molecular flexibility index (Phi) is 3.90. The summed E-state index contributed by atoms with van der Waals surface area (Å²) in [5, 5.41) is 10.8. The average Bonchev–Trinajstić information content (AvgIpc) is 3.22. The smallest absolute Gasteiger partial charge is 0.0774 e. The van der Waals surface area contributed by atoms with E-state index in [0.29, 0.717) is 0 Å². The maximum Gasteiger partial charge on any atom is 0.0774 e. The van der Waals surface area contributed by atoms with E-state index in [1.54, 1.807) is 0 Å². The third kappa shape index (κ3) is 3.80. The van der Waals surface area contributed by atoms with Gasteiger partial charge in [0.15, 0.2) is 0 Å². The monoisotopic (exact) mass is 259 g/mol. The van der Waals surface area contributed by atoms with E-state index in [1.165, 1.54) is 24.8 Å². The van der Waals surface area contributed by atoms with Gasteiger partial charge in [0.1, 0.15) is 0 Å². The molecular weight excluding hydrogens is 234 g/mol. The molecule has 1 aromatic carbocycles. The van der Waals surface area contributed by atoms with Gasteiger partial charge in [-0.3, -0.25) is 4.90 Å². The SMILES string of the molecule is OC1(CCC2CC2)CCCN(Cc2ccccc2)C1. The van der Waals surface area contributed by atoms with Gasteiger partial charge in [-0.15, -0.1) is 0 Å². The summed E-state index contributed by atoms with van der Waals surface area (Å²) < 4.78 is 0. The topological polar surface area (TPSA) is 23.5 Å². The molecule has 1 unspecified atom stereocenters. The molecule has 0 aromatic heterocycles. The van der Waals surface area contributed by atoms with Crippen LogP contribution < -0.4 is 0 Å². The molecule has 0 radical (unpaired) electrons. The summed E-state index contributed by atoms with van der Waals surface area (Å²) in [6, 6.07) is 10.6. The summed E-state index contributed by atoms with van der Waals surface area (Å²) in [6.07, 6.45) is 7.14. The number of likely N-dealkylation sites (tertiary alicyclic amines) is 1. The maximum absolute atomic E-state index is 10.8. The Balaban J connectivity index is 1.54. The third-order valence-corrected chi connectivity index (χ3v) is 4.60. The summed E-state index contributed by atoms with van der Waals surface area (Å²) in [7, 11) is 0. The van der Waals surface area contributed by atoms with Crippen LogP contribution in [0.2, 0.25) is 0 Å². The van der Waals surface area contributed by atoms with Crippen molar-refractivity contribution in [2.24, 2.45) is 5.92 Å². The molecule has 1 heterocycles. The van der Waals surface area contributed by atoms with Crippen LogP contribution >= 0.6 is 0 Å². The minimum Gasteiger partial charge on any atom is -0.389 e. The zero-order valence-corrected chi connectivity index (χ0v) is 11.7. The largest absolute Gasteiger partial charge is 0.389 e. The first-order chi connectivity index (χ1) is 9.23. The number of piperidine rings is 1. The second-order valence-electron chi connectivity index (χ2n) is 6.51. The number of nitrogens with zero attached hydrogens (tertiary/aromatic N) is 1. The summed E-state index contributed by atoms with van der Waals surface area (Å²) in [5.41, 5.74) is 0.934. The molecule has 1 aliphatic heterocycles. The molecule has 1 aliphatic carbocycles. The van der Waals surface area contributed by atoms with E-state index in [2.05, 4.69) is 35.2 Å². The Morgan fingerprint density at radius 3 is 2.74 bits per heavy atom. The maximum atomic E-state index is 10.8. The lowest BCUT2D eigenvalue weighted by Crippen LogP contribution is -2.47. The summed E-state index contributed by atoms with van der Waals surface area (Å²) in [5.74, 6) is 0.925. The molecule has 1 saturated carbocycles. The second kappa shape index (κ2) is 5.64. The molecule has 2 heteroatoms. The quantitative estimate of drug-likeness (QED) is 0.877. The van der Waals surface area contributed by atoms with E-state index in [0.717, 1.165) is 44.8 Å². The van der Waals surface area contributed by atoms with E-state index in [4.69, 9.17) is 0 Å². The first-order valence-electron chi connectivity index (χ1n) is 7.72. The highest BCUT2D eigenvalue weighted by Gasteiger charge is 2.34. The van der Waals surface area contributed by atoms with Gasteiger partial charge in [-0.2, -0.15) is 0 Å². The lowest BCUT2D eigenvalue weighted by Gasteiger charge is -2.39. The third-order valence-electron chi connectivity index (χ3n) is 4.60. The normalized spacial score (nSPS) is 28.5. The van der Waals surface area contributed by atoms with Crippen molar-refractivity contribution < 1.29 is 5.11 Å². The van der Waals surface area contributed by atoms with Crippen molar-refractivity contribution in [3.05, 3.63) is 35.9 Å². The molecule has 2 nitrogen and oxygen atoms in total. The molecule has 0 bridgehead atoms. The van der Waals surface area contributed by atoms with Gasteiger partial charge in [-0.05, 0) is 43.7 Å². The van der Waals surface area contributed by atoms with Crippen LogP contribution in [-0.4, -0.2) is 28.7 Å². The van der Waals surface area contributed by atoms with E-state index in [-0.39, 0.29) is 0 Å². The van der Waals surface area contributed by atoms with Crippen molar-refractivity contribution in [2.45, 2.75) is 50.7 Å². The van der Waals surface area contributed by atoms with E-state index >= 15 is 0 Å². The zero-order valence-electron chi connectivity index (χ0n) is 11.7. The Morgan fingerprint density at radius 2 is 2.00 bits per heavy atom. The van der Waals surface area contributed by atoms with Gasteiger partial charge in [0, 0.05) is 13.1 Å². The van der Waals surface area contributed by atoms with Gasteiger partial charge < -0.3 is 5.11 Å². The van der Waals surface area contributed by atoms with Crippen LogP contribution in [0.4, 0.5) is 0 Å². The molecule has 3 rings (SSSR count). The highest BCUT2D eigenvalue weighted by atomic mass is 16.3. The van der Waals surface area contributed by atoms with E-state index < -0.39 is 5.60 Å². The second-order valence-corrected chi connectivity index (χ2v) is 6.51. The molecule has 1 N–H and O–H groups in total. The first-order valence-corrected chi connectivity index (χ1v) is 7.72.